The fourth-order valence-electron chi connectivity index (χ4n) is 2.02. The number of hydrogen-bond donors (Lipinski definition) is 0. The zero-order valence-electron chi connectivity index (χ0n) is 10.4. The van der Waals surface area contributed by atoms with Gasteiger partial charge < -0.3 is 0 Å². The largest absolute Gasteiger partial charge is 0.297 e. The average Bonchev–Trinajstić information content (AvgIpc) is 2.47. The average molecular weight is 284 g/mol. The number of aromatic nitrogens is 3. The molecule has 0 radical (unpaired) electrons. The van der Waals surface area contributed by atoms with Crippen LogP contribution >= 0.6 is 0 Å². The summed E-state index contributed by atoms with van der Waals surface area (Å²) < 4.78 is 27.9. The van der Waals surface area contributed by atoms with Gasteiger partial charge in [0.1, 0.15) is 11.9 Å². The number of halogens is 2. The number of pyridine rings is 1. The van der Waals surface area contributed by atoms with Crippen LogP contribution in [0.1, 0.15) is 5.56 Å². The minimum Gasteiger partial charge on any atom is -0.268 e. The molecule has 0 saturated heterocycles. The zero-order chi connectivity index (χ0) is 15.0. The second-order valence-electron chi connectivity index (χ2n) is 4.20. The van der Waals surface area contributed by atoms with E-state index in [-0.39, 0.29) is 22.2 Å². The van der Waals surface area contributed by atoms with Crippen molar-refractivity contribution >= 4 is 10.9 Å². The van der Waals surface area contributed by atoms with E-state index < -0.39 is 17.5 Å². The molecule has 7 heteroatoms. The Morgan fingerprint density at radius 3 is 2.76 bits per heavy atom. The van der Waals surface area contributed by atoms with Gasteiger partial charge in [0, 0.05) is 6.07 Å². The monoisotopic (exact) mass is 284 g/mol. The Bertz CT molecular complexity index is 959. The highest BCUT2D eigenvalue weighted by Gasteiger charge is 2.15. The van der Waals surface area contributed by atoms with E-state index in [9.17, 15) is 13.6 Å². The van der Waals surface area contributed by atoms with E-state index in [4.69, 9.17) is 5.26 Å². The summed E-state index contributed by atoms with van der Waals surface area (Å²) in [5.41, 5.74) is -0.743. The maximum absolute atomic E-state index is 14.1. The fourth-order valence-corrected chi connectivity index (χ4v) is 2.02. The van der Waals surface area contributed by atoms with Crippen molar-refractivity contribution in [1.82, 2.24) is 14.5 Å². The van der Waals surface area contributed by atoms with Crippen molar-refractivity contribution in [2.45, 2.75) is 0 Å². The minimum absolute atomic E-state index is 0.0249. The Hall–Kier alpha value is -3.14. The quantitative estimate of drug-likeness (QED) is 0.640. The molecule has 0 spiro atoms. The van der Waals surface area contributed by atoms with Crippen molar-refractivity contribution in [1.29, 1.82) is 5.26 Å². The van der Waals surface area contributed by atoms with Gasteiger partial charge in [-0.05, 0) is 12.1 Å². The molecule has 102 valence electrons. The third kappa shape index (κ3) is 2.03. The third-order valence-electron chi connectivity index (χ3n) is 2.93. The summed E-state index contributed by atoms with van der Waals surface area (Å²) >= 11 is 0. The van der Waals surface area contributed by atoms with Crippen molar-refractivity contribution in [3.63, 3.8) is 0 Å². The lowest BCUT2D eigenvalue weighted by Gasteiger charge is -2.08. The van der Waals surface area contributed by atoms with Gasteiger partial charge in [-0.2, -0.15) is 9.65 Å². The lowest BCUT2D eigenvalue weighted by Crippen LogP contribution is -2.23. The van der Waals surface area contributed by atoms with Gasteiger partial charge in [0.05, 0.1) is 34.5 Å². The van der Waals surface area contributed by atoms with Crippen LogP contribution in [0.2, 0.25) is 0 Å². The maximum Gasteiger partial charge on any atom is 0.297 e. The topological polar surface area (TPSA) is 71.6 Å². The number of hydrogen-bond acceptors (Lipinski definition) is 4. The van der Waals surface area contributed by atoms with Crippen LogP contribution in [0.25, 0.3) is 16.6 Å². The van der Waals surface area contributed by atoms with E-state index >= 15 is 0 Å². The molecule has 2 aromatic heterocycles. The first-order valence-corrected chi connectivity index (χ1v) is 5.84. The van der Waals surface area contributed by atoms with Crippen LogP contribution in [0.15, 0.2) is 41.5 Å². The summed E-state index contributed by atoms with van der Waals surface area (Å²) in [6.07, 6.45) is 0.951. The first kappa shape index (κ1) is 12.9. The lowest BCUT2D eigenvalue weighted by atomic mass is 10.1. The molecule has 5 nitrogen and oxygen atoms in total. The molecule has 0 aliphatic carbocycles. The van der Waals surface area contributed by atoms with Crippen LogP contribution in [0.3, 0.4) is 0 Å². The number of fused-ring (bicyclic) bond motifs is 1. The van der Waals surface area contributed by atoms with E-state index in [1.807, 2.05) is 6.07 Å². The molecule has 0 unspecified atom stereocenters. The van der Waals surface area contributed by atoms with Crippen LogP contribution < -0.4 is 5.56 Å². The summed E-state index contributed by atoms with van der Waals surface area (Å²) in [6, 6.07) is 7.17. The predicted octanol–water partition coefficient (Wildman–Crippen LogP) is 1.93. The highest BCUT2D eigenvalue weighted by atomic mass is 19.1. The molecule has 21 heavy (non-hydrogen) atoms. The molecule has 0 aliphatic heterocycles. The SMILES string of the molecule is N#Cc1cccc2c(=O)n(-c3cncc(F)c3)c(F)nc12. The standard InChI is InChI=1S/C14H6F2N4O/c15-9-4-10(7-18-6-9)20-13(21)11-3-1-2-8(5-17)12(11)19-14(20)16/h1-4,6-7H. The maximum atomic E-state index is 14.1. The highest BCUT2D eigenvalue weighted by molar-refractivity contribution is 5.83. The van der Waals surface area contributed by atoms with Crippen LogP contribution in [0.5, 0.6) is 0 Å². The van der Waals surface area contributed by atoms with Crippen LogP contribution in [-0.2, 0) is 0 Å². The molecule has 0 bridgehead atoms. The Morgan fingerprint density at radius 1 is 1.24 bits per heavy atom. The highest BCUT2D eigenvalue weighted by Crippen LogP contribution is 2.15. The zero-order valence-corrected chi connectivity index (χ0v) is 10.4. The van der Waals surface area contributed by atoms with Crippen molar-refractivity contribution in [3.8, 4) is 11.8 Å². The van der Waals surface area contributed by atoms with Crippen LogP contribution in [0, 0.1) is 23.2 Å². The first-order chi connectivity index (χ1) is 10.1. The number of rotatable bonds is 1. The fraction of sp³-hybridized carbons (Fsp3) is 0. The summed E-state index contributed by atoms with van der Waals surface area (Å²) in [5.74, 6) is -0.704. The van der Waals surface area contributed by atoms with Gasteiger partial charge in [-0.15, -0.1) is 0 Å². The van der Waals surface area contributed by atoms with Crippen molar-refractivity contribution in [3.05, 3.63) is 64.5 Å². The number of nitriles is 1. The second-order valence-corrected chi connectivity index (χ2v) is 4.20. The number of para-hydroxylation sites is 1. The van der Waals surface area contributed by atoms with Gasteiger partial charge in [-0.1, -0.05) is 6.07 Å². The molecule has 0 amide bonds. The smallest absolute Gasteiger partial charge is 0.268 e. The minimum atomic E-state index is -1.14. The summed E-state index contributed by atoms with van der Waals surface area (Å²) in [5, 5.41) is 9.03. The molecule has 0 saturated carbocycles. The molecule has 0 atom stereocenters. The van der Waals surface area contributed by atoms with E-state index in [1.165, 1.54) is 18.2 Å². The third-order valence-corrected chi connectivity index (χ3v) is 2.93. The van der Waals surface area contributed by atoms with E-state index in [0.29, 0.717) is 4.57 Å². The Balaban J connectivity index is 2.42. The normalized spacial score (nSPS) is 10.5. The van der Waals surface area contributed by atoms with Gasteiger partial charge in [0.15, 0.2) is 0 Å². The summed E-state index contributed by atoms with van der Waals surface area (Å²) in [7, 11) is 0. The molecule has 1 aromatic carbocycles. The number of benzene rings is 1. The molecule has 0 aliphatic rings. The molecule has 2 heterocycles. The Morgan fingerprint density at radius 2 is 2.05 bits per heavy atom. The predicted molar refractivity (Wildman–Crippen MR) is 69.8 cm³/mol. The molecule has 0 fully saturated rings. The first-order valence-electron chi connectivity index (χ1n) is 5.84. The van der Waals surface area contributed by atoms with Crippen molar-refractivity contribution in [2.75, 3.05) is 0 Å². The van der Waals surface area contributed by atoms with E-state index in [0.717, 1.165) is 18.5 Å². The van der Waals surface area contributed by atoms with E-state index in [2.05, 4.69) is 9.97 Å². The summed E-state index contributed by atoms with van der Waals surface area (Å²) in [4.78, 5) is 19.6. The van der Waals surface area contributed by atoms with E-state index in [1.54, 1.807) is 0 Å². The molecular weight excluding hydrogens is 278 g/mol. The summed E-state index contributed by atoms with van der Waals surface area (Å²) in [6.45, 7) is 0. The molecular formula is C14H6F2N4O. The van der Waals surface area contributed by atoms with Crippen LogP contribution in [-0.4, -0.2) is 14.5 Å². The van der Waals surface area contributed by atoms with Gasteiger partial charge >= 0.3 is 0 Å². The lowest BCUT2D eigenvalue weighted by molar-refractivity contribution is 0.504. The van der Waals surface area contributed by atoms with Gasteiger partial charge in [0.2, 0.25) is 0 Å². The number of nitrogens with zero attached hydrogens (tertiary/aromatic N) is 4. The second kappa shape index (κ2) is 4.76. The van der Waals surface area contributed by atoms with Crippen molar-refractivity contribution in [2.24, 2.45) is 0 Å². The van der Waals surface area contributed by atoms with Gasteiger partial charge in [-0.3, -0.25) is 9.78 Å². The Kier molecular flexibility index (Phi) is 2.92. The van der Waals surface area contributed by atoms with Gasteiger partial charge in [-0.25, -0.2) is 13.9 Å². The molecule has 0 N–H and O–H groups in total. The van der Waals surface area contributed by atoms with Crippen LogP contribution in [0.4, 0.5) is 8.78 Å². The van der Waals surface area contributed by atoms with Gasteiger partial charge in [0.25, 0.3) is 11.6 Å². The molecule has 3 aromatic rings. The molecule has 3 rings (SSSR count). The Labute approximate surface area is 116 Å². The van der Waals surface area contributed by atoms with Crippen molar-refractivity contribution < 1.29 is 8.78 Å².